The van der Waals surface area contributed by atoms with E-state index in [-0.39, 0.29) is 0 Å². The lowest BCUT2D eigenvalue weighted by Gasteiger charge is -2.11. The van der Waals surface area contributed by atoms with Crippen molar-refractivity contribution < 1.29 is 0 Å². The van der Waals surface area contributed by atoms with E-state index < -0.39 is 0 Å². The fourth-order valence-electron chi connectivity index (χ4n) is 1.66. The lowest BCUT2D eigenvalue weighted by Crippen LogP contribution is -2.13. The molecule has 1 aromatic heterocycles. The van der Waals surface area contributed by atoms with Crippen LogP contribution < -0.4 is 5.32 Å². The molecule has 0 amide bonds. The summed E-state index contributed by atoms with van der Waals surface area (Å²) >= 11 is 0. The quantitative estimate of drug-likeness (QED) is 0.813. The molecular formula is C12H15N3. The van der Waals surface area contributed by atoms with E-state index in [1.165, 1.54) is 12.8 Å². The molecule has 1 heterocycles. The predicted molar refractivity (Wildman–Crippen MR) is 59.3 cm³/mol. The fourth-order valence-corrected chi connectivity index (χ4v) is 1.66. The van der Waals surface area contributed by atoms with Crippen LogP contribution in [0.3, 0.4) is 0 Å². The maximum atomic E-state index is 8.62. The minimum Gasteiger partial charge on any atom is -0.370 e. The van der Waals surface area contributed by atoms with Crippen molar-refractivity contribution in [3.63, 3.8) is 0 Å². The molecule has 1 atom stereocenters. The van der Waals surface area contributed by atoms with E-state index in [4.69, 9.17) is 5.26 Å². The molecule has 1 saturated carbocycles. The third-order valence-corrected chi connectivity index (χ3v) is 2.92. The van der Waals surface area contributed by atoms with E-state index >= 15 is 0 Å². The standard InChI is InChI=1S/C12H15N3/c1-9(11-3-4-11)7-14-12-5-2-10(6-13)8-15-12/h2,5,8-9,11H,3-4,7H2,1H3,(H,14,15). The summed E-state index contributed by atoms with van der Waals surface area (Å²) in [6.07, 6.45) is 4.36. The van der Waals surface area contributed by atoms with Gasteiger partial charge in [0, 0.05) is 12.7 Å². The zero-order valence-electron chi connectivity index (χ0n) is 8.90. The molecule has 3 nitrogen and oxygen atoms in total. The SMILES string of the molecule is CC(CNc1ccc(C#N)cn1)C1CC1. The van der Waals surface area contributed by atoms with Gasteiger partial charge in [0.1, 0.15) is 11.9 Å². The highest BCUT2D eigenvalue weighted by atomic mass is 15.0. The molecule has 0 aromatic carbocycles. The number of nitriles is 1. The van der Waals surface area contributed by atoms with Gasteiger partial charge in [0.25, 0.3) is 0 Å². The molecule has 1 aliphatic rings. The van der Waals surface area contributed by atoms with E-state index in [1.54, 1.807) is 12.3 Å². The van der Waals surface area contributed by atoms with Crippen LogP contribution in [0.5, 0.6) is 0 Å². The first-order valence-electron chi connectivity index (χ1n) is 5.39. The Labute approximate surface area is 90.1 Å². The molecule has 1 unspecified atom stereocenters. The van der Waals surface area contributed by atoms with Crippen LogP contribution in [0.2, 0.25) is 0 Å². The second-order valence-electron chi connectivity index (χ2n) is 4.24. The molecule has 1 aliphatic carbocycles. The number of rotatable bonds is 4. The van der Waals surface area contributed by atoms with Crippen molar-refractivity contribution in [1.29, 1.82) is 5.26 Å². The highest BCUT2D eigenvalue weighted by Crippen LogP contribution is 2.36. The van der Waals surface area contributed by atoms with Gasteiger partial charge in [-0.25, -0.2) is 4.98 Å². The molecule has 3 heteroatoms. The average molecular weight is 201 g/mol. The average Bonchev–Trinajstić information content (AvgIpc) is 3.10. The summed E-state index contributed by atoms with van der Waals surface area (Å²) in [5.41, 5.74) is 0.607. The third-order valence-electron chi connectivity index (χ3n) is 2.92. The summed E-state index contributed by atoms with van der Waals surface area (Å²) in [5, 5.41) is 11.9. The molecule has 0 aliphatic heterocycles. The lowest BCUT2D eigenvalue weighted by molar-refractivity contribution is 0.536. The first kappa shape index (κ1) is 9.97. The summed E-state index contributed by atoms with van der Waals surface area (Å²) < 4.78 is 0. The van der Waals surface area contributed by atoms with Gasteiger partial charge >= 0.3 is 0 Å². The van der Waals surface area contributed by atoms with Crippen molar-refractivity contribution in [3.05, 3.63) is 23.9 Å². The highest BCUT2D eigenvalue weighted by Gasteiger charge is 2.27. The summed E-state index contributed by atoms with van der Waals surface area (Å²) in [4.78, 5) is 4.17. The predicted octanol–water partition coefficient (Wildman–Crippen LogP) is 2.41. The minimum atomic E-state index is 0.607. The van der Waals surface area contributed by atoms with E-state index in [2.05, 4.69) is 23.3 Å². The molecule has 2 rings (SSSR count). The zero-order chi connectivity index (χ0) is 10.7. The Morgan fingerprint density at radius 2 is 2.40 bits per heavy atom. The number of hydrogen-bond acceptors (Lipinski definition) is 3. The second-order valence-corrected chi connectivity index (χ2v) is 4.24. The summed E-state index contributed by atoms with van der Waals surface area (Å²) in [5.74, 6) is 2.50. The van der Waals surface area contributed by atoms with Crippen LogP contribution in [-0.4, -0.2) is 11.5 Å². The van der Waals surface area contributed by atoms with Crippen LogP contribution in [-0.2, 0) is 0 Å². The van der Waals surface area contributed by atoms with Crippen LogP contribution in [0.25, 0.3) is 0 Å². The maximum absolute atomic E-state index is 8.62. The molecule has 0 saturated heterocycles. The smallest absolute Gasteiger partial charge is 0.125 e. The van der Waals surface area contributed by atoms with E-state index in [9.17, 15) is 0 Å². The molecule has 1 aromatic rings. The fraction of sp³-hybridized carbons (Fsp3) is 0.500. The Kier molecular flexibility index (Phi) is 2.86. The number of nitrogens with one attached hydrogen (secondary N) is 1. The Morgan fingerprint density at radius 1 is 1.60 bits per heavy atom. The van der Waals surface area contributed by atoms with Gasteiger partial charge in [-0.2, -0.15) is 5.26 Å². The van der Waals surface area contributed by atoms with Gasteiger partial charge < -0.3 is 5.32 Å². The van der Waals surface area contributed by atoms with Gasteiger partial charge in [-0.3, -0.25) is 0 Å². The van der Waals surface area contributed by atoms with Crippen molar-refractivity contribution in [2.24, 2.45) is 11.8 Å². The molecule has 0 spiro atoms. The molecule has 78 valence electrons. The van der Waals surface area contributed by atoms with Crippen molar-refractivity contribution in [3.8, 4) is 6.07 Å². The monoisotopic (exact) mass is 201 g/mol. The van der Waals surface area contributed by atoms with Gasteiger partial charge in [-0.1, -0.05) is 6.92 Å². The van der Waals surface area contributed by atoms with Gasteiger partial charge in [0.2, 0.25) is 0 Å². The van der Waals surface area contributed by atoms with E-state index in [1.807, 2.05) is 6.07 Å². The van der Waals surface area contributed by atoms with Crippen molar-refractivity contribution in [2.75, 3.05) is 11.9 Å². The molecule has 15 heavy (non-hydrogen) atoms. The molecule has 0 bridgehead atoms. The van der Waals surface area contributed by atoms with E-state index in [0.717, 1.165) is 24.2 Å². The van der Waals surface area contributed by atoms with Crippen molar-refractivity contribution in [2.45, 2.75) is 19.8 Å². The largest absolute Gasteiger partial charge is 0.370 e. The lowest BCUT2D eigenvalue weighted by atomic mass is 10.1. The number of anilines is 1. The molecular weight excluding hydrogens is 186 g/mol. The minimum absolute atomic E-state index is 0.607. The number of pyridine rings is 1. The van der Waals surface area contributed by atoms with Gasteiger partial charge in [0.15, 0.2) is 0 Å². The zero-order valence-corrected chi connectivity index (χ0v) is 8.90. The topological polar surface area (TPSA) is 48.7 Å². The van der Waals surface area contributed by atoms with Crippen LogP contribution in [0.1, 0.15) is 25.3 Å². The molecule has 1 N–H and O–H groups in total. The summed E-state index contributed by atoms with van der Waals surface area (Å²) in [7, 11) is 0. The van der Waals surface area contributed by atoms with Crippen molar-refractivity contribution in [1.82, 2.24) is 4.98 Å². The van der Waals surface area contributed by atoms with Crippen LogP contribution >= 0.6 is 0 Å². The second kappa shape index (κ2) is 4.31. The summed E-state index contributed by atoms with van der Waals surface area (Å²) in [6, 6.07) is 5.71. The first-order chi connectivity index (χ1) is 7.29. The molecule has 1 fully saturated rings. The Balaban J connectivity index is 1.85. The van der Waals surface area contributed by atoms with Crippen LogP contribution in [0.4, 0.5) is 5.82 Å². The van der Waals surface area contributed by atoms with Gasteiger partial charge in [-0.05, 0) is 36.8 Å². The number of nitrogens with zero attached hydrogens (tertiary/aromatic N) is 2. The van der Waals surface area contributed by atoms with Crippen LogP contribution in [0.15, 0.2) is 18.3 Å². The number of hydrogen-bond donors (Lipinski definition) is 1. The normalized spacial score (nSPS) is 16.8. The first-order valence-corrected chi connectivity index (χ1v) is 5.39. The third kappa shape index (κ3) is 2.69. The van der Waals surface area contributed by atoms with Gasteiger partial charge in [-0.15, -0.1) is 0 Å². The highest BCUT2D eigenvalue weighted by molar-refractivity contribution is 5.38. The Hall–Kier alpha value is -1.56. The van der Waals surface area contributed by atoms with Crippen LogP contribution in [0, 0.1) is 23.2 Å². The number of aromatic nitrogens is 1. The Morgan fingerprint density at radius 3 is 2.93 bits per heavy atom. The maximum Gasteiger partial charge on any atom is 0.125 e. The Bertz CT molecular complexity index is 359. The summed E-state index contributed by atoms with van der Waals surface area (Å²) in [6.45, 7) is 3.25. The molecule has 0 radical (unpaired) electrons. The van der Waals surface area contributed by atoms with E-state index in [0.29, 0.717) is 5.56 Å². The van der Waals surface area contributed by atoms with Gasteiger partial charge in [0.05, 0.1) is 5.56 Å². The van der Waals surface area contributed by atoms with Crippen molar-refractivity contribution >= 4 is 5.82 Å².